The van der Waals surface area contributed by atoms with Gasteiger partial charge in [-0.2, -0.15) is 0 Å². The molecule has 6 nitrogen and oxygen atoms in total. The fourth-order valence-corrected chi connectivity index (χ4v) is 4.96. The van der Waals surface area contributed by atoms with E-state index in [0.29, 0.717) is 15.1 Å². The van der Waals surface area contributed by atoms with E-state index < -0.39 is 21.7 Å². The summed E-state index contributed by atoms with van der Waals surface area (Å²) in [5.41, 5.74) is 1.28. The third-order valence-electron chi connectivity index (χ3n) is 5.12. The Morgan fingerprint density at radius 1 is 0.833 bits per heavy atom. The van der Waals surface area contributed by atoms with Crippen molar-refractivity contribution in [3.05, 3.63) is 123 Å². The van der Waals surface area contributed by atoms with Crippen molar-refractivity contribution in [2.24, 2.45) is 0 Å². The predicted octanol–water partition coefficient (Wildman–Crippen LogP) is 6.53. The standard InChI is InChI=1S/C26H17BrClFN2O4S/c27-17-7-14-24(22(15-17)25(32)21-3-1-2-4-23(21)28)30-26(33)16-5-10-19(11-6-16)31-36(34,35)20-12-8-18(29)9-13-20/h1-15,31H,(H,30,33). The van der Waals surface area contributed by atoms with Crippen molar-refractivity contribution >= 4 is 60.6 Å². The molecule has 2 N–H and O–H groups in total. The Bertz CT molecular complexity index is 1560. The highest BCUT2D eigenvalue weighted by molar-refractivity contribution is 9.10. The molecule has 4 aromatic carbocycles. The van der Waals surface area contributed by atoms with E-state index in [-0.39, 0.29) is 33.2 Å². The maximum absolute atomic E-state index is 13.1. The SMILES string of the molecule is O=C(Nc1ccc(Br)cc1C(=O)c1ccccc1Cl)c1ccc(NS(=O)(=O)c2ccc(F)cc2)cc1. The van der Waals surface area contributed by atoms with Gasteiger partial charge in [0, 0.05) is 26.9 Å². The summed E-state index contributed by atoms with van der Waals surface area (Å²) in [5, 5.41) is 3.02. The van der Waals surface area contributed by atoms with Crippen molar-refractivity contribution in [2.75, 3.05) is 10.0 Å². The smallest absolute Gasteiger partial charge is 0.261 e. The van der Waals surface area contributed by atoms with Gasteiger partial charge in [-0.3, -0.25) is 14.3 Å². The van der Waals surface area contributed by atoms with E-state index in [1.807, 2.05) is 0 Å². The minimum absolute atomic E-state index is 0.100. The van der Waals surface area contributed by atoms with E-state index in [1.165, 1.54) is 24.3 Å². The van der Waals surface area contributed by atoms with Gasteiger partial charge in [-0.05, 0) is 78.9 Å². The normalized spacial score (nSPS) is 11.1. The van der Waals surface area contributed by atoms with E-state index in [0.717, 1.165) is 24.3 Å². The highest BCUT2D eigenvalue weighted by Crippen LogP contribution is 2.27. The van der Waals surface area contributed by atoms with Gasteiger partial charge in [0.25, 0.3) is 15.9 Å². The number of carbonyl (C=O) groups excluding carboxylic acids is 2. The van der Waals surface area contributed by atoms with Gasteiger partial charge in [0.05, 0.1) is 15.6 Å². The lowest BCUT2D eigenvalue weighted by atomic mass is 10.0. The Morgan fingerprint density at radius 2 is 1.50 bits per heavy atom. The van der Waals surface area contributed by atoms with Gasteiger partial charge < -0.3 is 5.32 Å². The largest absolute Gasteiger partial charge is 0.321 e. The Labute approximate surface area is 220 Å². The summed E-state index contributed by atoms with van der Waals surface area (Å²) in [6.45, 7) is 0. The van der Waals surface area contributed by atoms with Crippen LogP contribution in [0.1, 0.15) is 26.3 Å². The monoisotopic (exact) mass is 586 g/mol. The van der Waals surface area contributed by atoms with E-state index >= 15 is 0 Å². The lowest BCUT2D eigenvalue weighted by molar-refractivity contribution is 0.102. The zero-order valence-corrected chi connectivity index (χ0v) is 21.5. The first-order chi connectivity index (χ1) is 17.1. The second-order valence-electron chi connectivity index (χ2n) is 7.59. The van der Waals surface area contributed by atoms with Crippen LogP contribution in [-0.2, 0) is 10.0 Å². The van der Waals surface area contributed by atoms with Crippen LogP contribution >= 0.6 is 27.5 Å². The fourth-order valence-electron chi connectivity index (χ4n) is 3.32. The van der Waals surface area contributed by atoms with Gasteiger partial charge in [-0.15, -0.1) is 0 Å². The van der Waals surface area contributed by atoms with Crippen LogP contribution in [0, 0.1) is 5.82 Å². The molecule has 0 aliphatic rings. The molecule has 0 atom stereocenters. The molecule has 0 saturated carbocycles. The predicted molar refractivity (Wildman–Crippen MR) is 141 cm³/mol. The van der Waals surface area contributed by atoms with Crippen molar-refractivity contribution in [3.63, 3.8) is 0 Å². The number of carbonyl (C=O) groups is 2. The summed E-state index contributed by atoms with van der Waals surface area (Å²) in [6, 6.07) is 21.6. The lowest BCUT2D eigenvalue weighted by Gasteiger charge is -2.13. The molecule has 36 heavy (non-hydrogen) atoms. The summed E-state index contributed by atoms with van der Waals surface area (Å²) >= 11 is 9.53. The quantitative estimate of drug-likeness (QED) is 0.241. The molecule has 0 aliphatic carbocycles. The van der Waals surface area contributed by atoms with Gasteiger partial charge in [0.1, 0.15) is 5.82 Å². The number of benzene rings is 4. The van der Waals surface area contributed by atoms with Crippen LogP contribution in [-0.4, -0.2) is 20.1 Å². The zero-order valence-electron chi connectivity index (χ0n) is 18.3. The zero-order chi connectivity index (χ0) is 25.9. The summed E-state index contributed by atoms with van der Waals surface area (Å²) in [6.07, 6.45) is 0. The Hall–Kier alpha value is -3.53. The van der Waals surface area contributed by atoms with Crippen LogP contribution in [0.15, 0.2) is 100 Å². The van der Waals surface area contributed by atoms with Crippen molar-refractivity contribution in [3.8, 4) is 0 Å². The van der Waals surface area contributed by atoms with Gasteiger partial charge in [0.15, 0.2) is 5.78 Å². The molecule has 182 valence electrons. The summed E-state index contributed by atoms with van der Waals surface area (Å²) in [5.74, 6) is -1.41. The minimum atomic E-state index is -3.93. The molecule has 4 aromatic rings. The van der Waals surface area contributed by atoms with E-state index in [1.54, 1.807) is 42.5 Å². The molecule has 1 amide bonds. The number of anilines is 2. The van der Waals surface area contributed by atoms with Crippen LogP contribution in [0.2, 0.25) is 5.02 Å². The molecule has 0 aliphatic heterocycles. The van der Waals surface area contributed by atoms with Gasteiger partial charge in [-0.25, -0.2) is 12.8 Å². The van der Waals surface area contributed by atoms with Gasteiger partial charge in [0.2, 0.25) is 0 Å². The molecule has 0 radical (unpaired) electrons. The molecular weight excluding hydrogens is 571 g/mol. The molecule has 0 saturated heterocycles. The first-order valence-corrected chi connectivity index (χ1v) is 13.1. The average molecular weight is 588 g/mol. The molecular formula is C26H17BrClFN2O4S. The molecule has 0 fully saturated rings. The Morgan fingerprint density at radius 3 is 2.17 bits per heavy atom. The van der Waals surface area contributed by atoms with E-state index in [2.05, 4.69) is 26.0 Å². The highest BCUT2D eigenvalue weighted by atomic mass is 79.9. The Kier molecular flexibility index (Phi) is 7.53. The second kappa shape index (κ2) is 10.6. The molecule has 0 unspecified atom stereocenters. The number of amides is 1. The topological polar surface area (TPSA) is 92.3 Å². The number of nitrogens with one attached hydrogen (secondary N) is 2. The Balaban J connectivity index is 1.53. The third-order valence-corrected chi connectivity index (χ3v) is 7.34. The van der Waals surface area contributed by atoms with Crippen LogP contribution in [0.5, 0.6) is 0 Å². The van der Waals surface area contributed by atoms with Gasteiger partial charge in [-0.1, -0.05) is 39.7 Å². The lowest BCUT2D eigenvalue weighted by Crippen LogP contribution is -2.16. The first-order valence-electron chi connectivity index (χ1n) is 10.4. The van der Waals surface area contributed by atoms with Gasteiger partial charge >= 0.3 is 0 Å². The molecule has 4 rings (SSSR count). The van der Waals surface area contributed by atoms with Crippen molar-refractivity contribution in [2.45, 2.75) is 4.90 Å². The third kappa shape index (κ3) is 5.81. The van der Waals surface area contributed by atoms with Crippen LogP contribution in [0.3, 0.4) is 0 Å². The number of rotatable bonds is 7. The first kappa shape index (κ1) is 25.6. The fraction of sp³-hybridized carbons (Fsp3) is 0. The van der Waals surface area contributed by atoms with Crippen LogP contribution in [0.4, 0.5) is 15.8 Å². The summed E-state index contributed by atoms with van der Waals surface area (Å²) in [4.78, 5) is 25.9. The number of halogens is 3. The highest BCUT2D eigenvalue weighted by Gasteiger charge is 2.19. The summed E-state index contributed by atoms with van der Waals surface area (Å²) < 4.78 is 41.1. The maximum Gasteiger partial charge on any atom is 0.261 e. The molecule has 0 spiro atoms. The van der Waals surface area contributed by atoms with E-state index in [9.17, 15) is 22.4 Å². The maximum atomic E-state index is 13.1. The second-order valence-corrected chi connectivity index (χ2v) is 10.6. The average Bonchev–Trinajstić information content (AvgIpc) is 2.85. The minimum Gasteiger partial charge on any atom is -0.321 e. The van der Waals surface area contributed by atoms with Crippen LogP contribution < -0.4 is 10.0 Å². The van der Waals surface area contributed by atoms with Crippen LogP contribution in [0.25, 0.3) is 0 Å². The van der Waals surface area contributed by atoms with Crippen molar-refractivity contribution < 1.29 is 22.4 Å². The van der Waals surface area contributed by atoms with Crippen molar-refractivity contribution in [1.82, 2.24) is 0 Å². The molecule has 0 aromatic heterocycles. The van der Waals surface area contributed by atoms with E-state index in [4.69, 9.17) is 11.6 Å². The number of hydrogen-bond acceptors (Lipinski definition) is 4. The number of ketones is 1. The number of hydrogen-bond donors (Lipinski definition) is 2. The summed E-state index contributed by atoms with van der Waals surface area (Å²) in [7, 11) is -3.93. The number of sulfonamides is 1. The molecule has 10 heteroatoms. The molecule has 0 bridgehead atoms. The van der Waals surface area contributed by atoms with Crippen molar-refractivity contribution in [1.29, 1.82) is 0 Å². The molecule has 0 heterocycles.